The molecule has 0 aromatic heterocycles. The predicted octanol–water partition coefficient (Wildman–Crippen LogP) is 2.01. The minimum absolute atomic E-state index is 0.0471. The maximum atomic E-state index is 11.9. The van der Waals surface area contributed by atoms with Crippen molar-refractivity contribution < 1.29 is 19.6 Å². The van der Waals surface area contributed by atoms with Crippen LogP contribution in [0.5, 0.6) is 0 Å². The molecule has 1 aliphatic heterocycles. The van der Waals surface area contributed by atoms with Crippen LogP contribution >= 0.6 is 11.8 Å². The minimum Gasteiger partial charge on any atom is -0.478 e. The van der Waals surface area contributed by atoms with Crippen molar-refractivity contribution in [2.24, 2.45) is 0 Å². The van der Waals surface area contributed by atoms with E-state index in [0.29, 0.717) is 4.90 Å². The highest BCUT2D eigenvalue weighted by molar-refractivity contribution is 8.00. The number of likely N-dealkylation sites (tertiary alicyclic amines) is 1. The molecule has 1 saturated heterocycles. The standard InChI is InChI=1S/C13H14N2O5S/c16-12(14-5-1-2-6-14)8-21-11-4-3-9(13(17)18)7-10(11)15(19)20/h3-4,7H,1-2,5-6,8H2,(H,17,18). The highest BCUT2D eigenvalue weighted by Gasteiger charge is 2.21. The van der Waals surface area contributed by atoms with Crippen LogP contribution in [-0.2, 0) is 4.79 Å². The number of hydrogen-bond acceptors (Lipinski definition) is 5. The van der Waals surface area contributed by atoms with Crippen LogP contribution < -0.4 is 0 Å². The lowest BCUT2D eigenvalue weighted by Crippen LogP contribution is -2.29. The van der Waals surface area contributed by atoms with Crippen molar-refractivity contribution in [2.45, 2.75) is 17.7 Å². The van der Waals surface area contributed by atoms with Crippen LogP contribution in [0.2, 0.25) is 0 Å². The zero-order chi connectivity index (χ0) is 15.4. The van der Waals surface area contributed by atoms with E-state index in [1.54, 1.807) is 4.90 Å². The maximum absolute atomic E-state index is 11.9. The van der Waals surface area contributed by atoms with Gasteiger partial charge in [-0.15, -0.1) is 11.8 Å². The summed E-state index contributed by atoms with van der Waals surface area (Å²) in [7, 11) is 0. The SMILES string of the molecule is O=C(O)c1ccc(SCC(=O)N2CCCC2)c([N+](=O)[O-])c1. The molecule has 1 N–H and O–H groups in total. The van der Waals surface area contributed by atoms with Gasteiger partial charge in [0.25, 0.3) is 5.69 Å². The maximum Gasteiger partial charge on any atom is 0.335 e. The molecule has 0 saturated carbocycles. The molecule has 0 radical (unpaired) electrons. The first-order valence-electron chi connectivity index (χ1n) is 6.41. The van der Waals surface area contributed by atoms with Gasteiger partial charge in [0, 0.05) is 19.2 Å². The van der Waals surface area contributed by atoms with Crippen molar-refractivity contribution in [3.05, 3.63) is 33.9 Å². The predicted molar refractivity (Wildman–Crippen MR) is 76.6 cm³/mol. The zero-order valence-corrected chi connectivity index (χ0v) is 12.0. The molecule has 1 aromatic carbocycles. The summed E-state index contributed by atoms with van der Waals surface area (Å²) >= 11 is 1.06. The van der Waals surface area contributed by atoms with Gasteiger partial charge in [-0.2, -0.15) is 0 Å². The molecule has 7 nitrogen and oxygen atoms in total. The van der Waals surface area contributed by atoms with Crippen molar-refractivity contribution >= 4 is 29.3 Å². The van der Waals surface area contributed by atoms with Crippen LogP contribution in [-0.4, -0.2) is 45.6 Å². The highest BCUT2D eigenvalue weighted by Crippen LogP contribution is 2.30. The zero-order valence-electron chi connectivity index (χ0n) is 11.2. The monoisotopic (exact) mass is 310 g/mol. The van der Waals surface area contributed by atoms with Gasteiger partial charge in [-0.3, -0.25) is 14.9 Å². The molecule has 0 bridgehead atoms. The molecule has 0 aliphatic carbocycles. The number of aromatic carboxylic acids is 1. The number of carbonyl (C=O) groups is 2. The Morgan fingerprint density at radius 1 is 1.33 bits per heavy atom. The smallest absolute Gasteiger partial charge is 0.335 e. The van der Waals surface area contributed by atoms with E-state index in [1.807, 2.05) is 0 Å². The van der Waals surface area contributed by atoms with Crippen LogP contribution in [0, 0.1) is 10.1 Å². The molecular formula is C13H14N2O5S. The lowest BCUT2D eigenvalue weighted by Gasteiger charge is -2.14. The van der Waals surface area contributed by atoms with E-state index in [4.69, 9.17) is 5.11 Å². The van der Waals surface area contributed by atoms with E-state index in [1.165, 1.54) is 12.1 Å². The Kier molecular flexibility index (Phi) is 4.79. The van der Waals surface area contributed by atoms with Crippen molar-refractivity contribution in [3.8, 4) is 0 Å². The number of hydrogen-bond donors (Lipinski definition) is 1. The summed E-state index contributed by atoms with van der Waals surface area (Å²) in [5.74, 6) is -1.15. The molecule has 0 atom stereocenters. The Morgan fingerprint density at radius 2 is 2.00 bits per heavy atom. The lowest BCUT2D eigenvalue weighted by atomic mass is 10.2. The van der Waals surface area contributed by atoms with Gasteiger partial charge >= 0.3 is 5.97 Å². The molecule has 112 valence electrons. The molecule has 1 aromatic rings. The van der Waals surface area contributed by atoms with E-state index in [2.05, 4.69) is 0 Å². The van der Waals surface area contributed by atoms with Crippen LogP contribution in [0.15, 0.2) is 23.1 Å². The summed E-state index contributed by atoms with van der Waals surface area (Å²) in [6.07, 6.45) is 1.98. The number of nitrogens with zero attached hydrogens (tertiary/aromatic N) is 2. The first-order valence-corrected chi connectivity index (χ1v) is 7.40. The van der Waals surface area contributed by atoms with Crippen LogP contribution in [0.4, 0.5) is 5.69 Å². The fourth-order valence-electron chi connectivity index (χ4n) is 2.11. The number of carboxylic acid groups (broad SMARTS) is 1. The molecule has 8 heteroatoms. The van der Waals surface area contributed by atoms with Gasteiger partial charge in [-0.25, -0.2) is 4.79 Å². The summed E-state index contributed by atoms with van der Waals surface area (Å²) in [6.45, 7) is 1.47. The molecule has 1 heterocycles. The highest BCUT2D eigenvalue weighted by atomic mass is 32.2. The second kappa shape index (κ2) is 6.57. The van der Waals surface area contributed by atoms with Gasteiger partial charge < -0.3 is 10.0 Å². The molecule has 21 heavy (non-hydrogen) atoms. The van der Waals surface area contributed by atoms with Crippen LogP contribution in [0.25, 0.3) is 0 Å². The van der Waals surface area contributed by atoms with Gasteiger partial charge in [0.15, 0.2) is 0 Å². The number of amides is 1. The summed E-state index contributed by atoms with van der Waals surface area (Å²) in [6, 6.07) is 3.70. The largest absolute Gasteiger partial charge is 0.478 e. The third kappa shape index (κ3) is 3.72. The first-order chi connectivity index (χ1) is 9.99. The fourth-order valence-corrected chi connectivity index (χ4v) is 3.02. The Balaban J connectivity index is 2.10. The van der Waals surface area contributed by atoms with Gasteiger partial charge in [0.1, 0.15) is 0 Å². The van der Waals surface area contributed by atoms with E-state index in [-0.39, 0.29) is 22.9 Å². The van der Waals surface area contributed by atoms with Gasteiger partial charge in [-0.1, -0.05) is 0 Å². The Hall–Kier alpha value is -2.09. The Morgan fingerprint density at radius 3 is 2.57 bits per heavy atom. The molecule has 0 spiro atoms. The summed E-state index contributed by atoms with van der Waals surface area (Å²) in [5.41, 5.74) is -0.425. The second-order valence-corrected chi connectivity index (χ2v) is 5.64. The van der Waals surface area contributed by atoms with Gasteiger partial charge in [-0.05, 0) is 25.0 Å². The quantitative estimate of drug-likeness (QED) is 0.507. The first kappa shape index (κ1) is 15.3. The van der Waals surface area contributed by atoms with Crippen molar-refractivity contribution in [1.29, 1.82) is 0 Å². The molecule has 1 fully saturated rings. The minimum atomic E-state index is -1.22. The number of carboxylic acids is 1. The van der Waals surface area contributed by atoms with E-state index < -0.39 is 10.9 Å². The molecule has 2 rings (SSSR count). The van der Waals surface area contributed by atoms with Gasteiger partial charge in [0.2, 0.25) is 5.91 Å². The van der Waals surface area contributed by atoms with Crippen molar-refractivity contribution in [1.82, 2.24) is 4.90 Å². The van der Waals surface area contributed by atoms with E-state index in [9.17, 15) is 19.7 Å². The normalized spacial score (nSPS) is 14.2. The number of nitro groups is 1. The van der Waals surface area contributed by atoms with Crippen molar-refractivity contribution in [3.63, 3.8) is 0 Å². The summed E-state index contributed by atoms with van der Waals surface area (Å²) < 4.78 is 0. The average Bonchev–Trinajstić information content (AvgIpc) is 2.98. The van der Waals surface area contributed by atoms with Gasteiger partial charge in [0.05, 0.1) is 21.1 Å². The average molecular weight is 310 g/mol. The number of rotatable bonds is 5. The number of thioether (sulfide) groups is 1. The topological polar surface area (TPSA) is 101 Å². The van der Waals surface area contributed by atoms with Crippen LogP contribution in [0.1, 0.15) is 23.2 Å². The second-order valence-electron chi connectivity index (χ2n) is 4.62. The number of nitro benzene ring substituents is 1. The summed E-state index contributed by atoms with van der Waals surface area (Å²) in [5, 5.41) is 19.9. The summed E-state index contributed by atoms with van der Waals surface area (Å²) in [4.78, 5) is 35.2. The molecular weight excluding hydrogens is 296 g/mol. The molecule has 1 amide bonds. The van der Waals surface area contributed by atoms with E-state index >= 15 is 0 Å². The van der Waals surface area contributed by atoms with E-state index in [0.717, 1.165) is 43.8 Å². The Labute approximate surface area is 125 Å². The van der Waals surface area contributed by atoms with Crippen LogP contribution in [0.3, 0.4) is 0 Å². The molecule has 0 unspecified atom stereocenters. The van der Waals surface area contributed by atoms with Crippen molar-refractivity contribution in [2.75, 3.05) is 18.8 Å². The number of benzene rings is 1. The Bertz CT molecular complexity index is 584. The fraction of sp³-hybridized carbons (Fsp3) is 0.385. The third-order valence-electron chi connectivity index (χ3n) is 3.21. The molecule has 1 aliphatic rings. The number of carbonyl (C=O) groups excluding carboxylic acids is 1. The lowest BCUT2D eigenvalue weighted by molar-refractivity contribution is -0.387. The third-order valence-corrected chi connectivity index (χ3v) is 4.26.